The van der Waals surface area contributed by atoms with Crippen LogP contribution in [-0.4, -0.2) is 47.9 Å². The Morgan fingerprint density at radius 3 is 2.58 bits per heavy atom. The van der Waals surface area contributed by atoms with Crippen LogP contribution in [0, 0.1) is 5.41 Å². The summed E-state index contributed by atoms with van der Waals surface area (Å²) in [7, 11) is 1.64. The largest absolute Gasteiger partial charge is 0.384 e. The van der Waals surface area contributed by atoms with E-state index in [9.17, 15) is 4.79 Å². The summed E-state index contributed by atoms with van der Waals surface area (Å²) in [5, 5.41) is 13.0. The van der Waals surface area contributed by atoms with E-state index < -0.39 is 5.41 Å². The zero-order valence-corrected chi connectivity index (χ0v) is 14.4. The van der Waals surface area contributed by atoms with Crippen molar-refractivity contribution in [2.75, 3.05) is 32.1 Å². The van der Waals surface area contributed by atoms with Crippen molar-refractivity contribution in [3.8, 4) is 11.4 Å². The number of ether oxygens (including phenoxy) is 1. The summed E-state index contributed by atoms with van der Waals surface area (Å²) in [6, 6.07) is 7.55. The van der Waals surface area contributed by atoms with Crippen molar-refractivity contribution in [2.24, 2.45) is 5.41 Å². The maximum Gasteiger partial charge on any atom is 0.233 e. The van der Waals surface area contributed by atoms with Crippen LogP contribution in [-0.2, 0) is 9.53 Å². The van der Waals surface area contributed by atoms with Crippen LogP contribution in [0.3, 0.4) is 0 Å². The van der Waals surface area contributed by atoms with Gasteiger partial charge in [0.2, 0.25) is 5.91 Å². The summed E-state index contributed by atoms with van der Waals surface area (Å²) in [5.74, 6) is 0.727. The summed E-state index contributed by atoms with van der Waals surface area (Å²) < 4.78 is 5.30. The van der Waals surface area contributed by atoms with Crippen LogP contribution >= 0.6 is 12.4 Å². The first-order valence-corrected chi connectivity index (χ1v) is 7.70. The summed E-state index contributed by atoms with van der Waals surface area (Å²) in [5.41, 5.74) is 1.24. The highest BCUT2D eigenvalue weighted by molar-refractivity contribution is 5.95. The number of aromatic amines is 1. The van der Waals surface area contributed by atoms with E-state index in [2.05, 4.69) is 25.8 Å². The number of H-pyrrole nitrogens is 1. The molecule has 1 fully saturated rings. The summed E-state index contributed by atoms with van der Waals surface area (Å²) >= 11 is 0. The minimum absolute atomic E-state index is 0. The Morgan fingerprint density at radius 2 is 2.00 bits per heavy atom. The van der Waals surface area contributed by atoms with Gasteiger partial charge in [-0.15, -0.1) is 12.4 Å². The van der Waals surface area contributed by atoms with Gasteiger partial charge in [-0.05, 0) is 50.2 Å². The van der Waals surface area contributed by atoms with E-state index in [1.54, 1.807) is 7.11 Å². The van der Waals surface area contributed by atoms with E-state index in [4.69, 9.17) is 4.74 Å². The Bertz CT molecular complexity index is 633. The Labute approximate surface area is 147 Å². The molecule has 130 valence electrons. The monoisotopic (exact) mass is 351 g/mol. The van der Waals surface area contributed by atoms with Crippen molar-refractivity contribution in [3.05, 3.63) is 30.6 Å². The number of aromatic nitrogens is 3. The molecular formula is C16H22ClN5O2. The van der Waals surface area contributed by atoms with Crippen LogP contribution < -0.4 is 10.6 Å². The molecule has 0 saturated carbocycles. The molecule has 8 heteroatoms. The third kappa shape index (κ3) is 3.92. The van der Waals surface area contributed by atoms with E-state index in [0.29, 0.717) is 12.4 Å². The van der Waals surface area contributed by atoms with E-state index in [1.807, 2.05) is 24.3 Å². The second-order valence-corrected chi connectivity index (χ2v) is 5.83. The van der Waals surface area contributed by atoms with Crippen molar-refractivity contribution >= 4 is 24.0 Å². The third-order valence-corrected chi connectivity index (χ3v) is 4.29. The minimum Gasteiger partial charge on any atom is -0.384 e. The Morgan fingerprint density at radius 1 is 1.29 bits per heavy atom. The van der Waals surface area contributed by atoms with Gasteiger partial charge in [0, 0.05) is 18.4 Å². The molecule has 1 aliphatic rings. The van der Waals surface area contributed by atoms with E-state index >= 15 is 0 Å². The second-order valence-electron chi connectivity index (χ2n) is 5.83. The van der Waals surface area contributed by atoms with Crippen molar-refractivity contribution in [3.63, 3.8) is 0 Å². The van der Waals surface area contributed by atoms with Gasteiger partial charge >= 0.3 is 0 Å². The molecule has 0 spiro atoms. The van der Waals surface area contributed by atoms with Gasteiger partial charge in [-0.1, -0.05) is 0 Å². The number of hydrogen-bond donors (Lipinski definition) is 3. The molecule has 1 aliphatic heterocycles. The van der Waals surface area contributed by atoms with Crippen molar-refractivity contribution in [1.29, 1.82) is 0 Å². The normalized spacial score (nSPS) is 16.2. The number of nitrogens with one attached hydrogen (secondary N) is 3. The topological polar surface area (TPSA) is 91.9 Å². The summed E-state index contributed by atoms with van der Waals surface area (Å²) in [6.07, 6.45) is 3.03. The number of carbonyl (C=O) groups is 1. The quantitative estimate of drug-likeness (QED) is 0.764. The number of hydrogen-bond acceptors (Lipinski definition) is 5. The van der Waals surface area contributed by atoms with Gasteiger partial charge in [-0.25, -0.2) is 4.98 Å². The summed E-state index contributed by atoms with van der Waals surface area (Å²) in [4.78, 5) is 16.9. The fraction of sp³-hybridized carbons (Fsp3) is 0.438. The molecule has 1 aromatic heterocycles. The molecule has 0 aliphatic carbocycles. The van der Waals surface area contributed by atoms with Crippen molar-refractivity contribution in [2.45, 2.75) is 12.8 Å². The van der Waals surface area contributed by atoms with E-state index in [-0.39, 0.29) is 18.3 Å². The number of amides is 1. The molecule has 1 aromatic carbocycles. The molecule has 1 saturated heterocycles. The molecule has 0 atom stereocenters. The van der Waals surface area contributed by atoms with Gasteiger partial charge in [0.15, 0.2) is 5.82 Å². The fourth-order valence-electron chi connectivity index (χ4n) is 2.94. The van der Waals surface area contributed by atoms with Gasteiger partial charge in [-0.3, -0.25) is 9.89 Å². The number of carbonyl (C=O) groups excluding carboxylic acids is 1. The van der Waals surface area contributed by atoms with Crippen LogP contribution in [0.5, 0.6) is 0 Å². The van der Waals surface area contributed by atoms with Crippen LogP contribution in [0.2, 0.25) is 0 Å². The Hall–Kier alpha value is -1.96. The Kier molecular flexibility index (Phi) is 6.30. The molecule has 0 radical (unpaired) electrons. The third-order valence-electron chi connectivity index (χ3n) is 4.29. The maximum atomic E-state index is 12.7. The van der Waals surface area contributed by atoms with Gasteiger partial charge in [0.25, 0.3) is 0 Å². The molecule has 2 aromatic rings. The average molecular weight is 352 g/mol. The molecule has 3 N–H and O–H groups in total. The lowest BCUT2D eigenvalue weighted by Crippen LogP contribution is -2.47. The highest BCUT2D eigenvalue weighted by atomic mass is 35.5. The van der Waals surface area contributed by atoms with Crippen LogP contribution in [0.4, 0.5) is 5.69 Å². The Balaban J connectivity index is 0.00000208. The molecule has 7 nitrogen and oxygen atoms in total. The SMILES string of the molecule is COCC1(C(=O)Nc2ccc(-c3ncn[nH]3)cc2)CCNCC1.Cl. The van der Waals surface area contributed by atoms with Gasteiger partial charge in [0.1, 0.15) is 6.33 Å². The standard InChI is InChI=1S/C16H21N5O2.ClH/c1-23-10-16(6-8-17-9-7-16)15(22)20-13-4-2-12(3-5-13)14-18-11-19-21-14;/h2-5,11,17H,6-10H2,1H3,(H,20,22)(H,18,19,21);1H. The molecule has 1 amide bonds. The predicted octanol–water partition coefficient (Wildman–Crippen LogP) is 1.85. The molecule has 3 rings (SSSR count). The van der Waals surface area contributed by atoms with E-state index in [0.717, 1.165) is 37.2 Å². The molecule has 0 bridgehead atoms. The first-order chi connectivity index (χ1) is 11.2. The fourth-order valence-corrected chi connectivity index (χ4v) is 2.94. The average Bonchev–Trinajstić information content (AvgIpc) is 3.11. The zero-order valence-electron chi connectivity index (χ0n) is 13.5. The van der Waals surface area contributed by atoms with Crippen molar-refractivity contribution < 1.29 is 9.53 Å². The molecular weight excluding hydrogens is 330 g/mol. The van der Waals surface area contributed by atoms with Crippen LogP contribution in [0.1, 0.15) is 12.8 Å². The summed E-state index contributed by atoms with van der Waals surface area (Å²) in [6.45, 7) is 2.11. The second kappa shape index (κ2) is 8.23. The lowest BCUT2D eigenvalue weighted by atomic mass is 9.78. The van der Waals surface area contributed by atoms with Crippen LogP contribution in [0.15, 0.2) is 30.6 Å². The van der Waals surface area contributed by atoms with Crippen molar-refractivity contribution in [1.82, 2.24) is 20.5 Å². The lowest BCUT2D eigenvalue weighted by Gasteiger charge is -2.35. The highest BCUT2D eigenvalue weighted by Gasteiger charge is 2.39. The number of anilines is 1. The lowest BCUT2D eigenvalue weighted by molar-refractivity contribution is -0.130. The number of halogens is 1. The first-order valence-electron chi connectivity index (χ1n) is 7.70. The first kappa shape index (κ1) is 18.4. The number of methoxy groups -OCH3 is 1. The van der Waals surface area contributed by atoms with Gasteiger partial charge < -0.3 is 15.4 Å². The molecule has 0 unspecified atom stereocenters. The van der Waals surface area contributed by atoms with Gasteiger partial charge in [-0.2, -0.15) is 5.10 Å². The molecule has 2 heterocycles. The van der Waals surface area contributed by atoms with Crippen LogP contribution in [0.25, 0.3) is 11.4 Å². The van der Waals surface area contributed by atoms with Gasteiger partial charge in [0.05, 0.1) is 12.0 Å². The smallest absolute Gasteiger partial charge is 0.233 e. The predicted molar refractivity (Wildman–Crippen MR) is 94.1 cm³/mol. The minimum atomic E-state index is -0.455. The number of nitrogens with zero attached hydrogens (tertiary/aromatic N) is 2. The number of rotatable bonds is 5. The zero-order chi connectivity index (χ0) is 16.1. The molecule has 24 heavy (non-hydrogen) atoms. The van der Waals surface area contributed by atoms with E-state index in [1.165, 1.54) is 6.33 Å². The highest BCUT2D eigenvalue weighted by Crippen LogP contribution is 2.31. The number of benzene rings is 1. The maximum absolute atomic E-state index is 12.7. The number of piperidine rings is 1.